The van der Waals surface area contributed by atoms with Crippen LogP contribution in [0.1, 0.15) is 58.3 Å². The third-order valence-electron chi connectivity index (χ3n) is 4.16. The molecule has 3 N–H and O–H groups in total. The number of aliphatic hydroxyl groups is 3. The third-order valence-corrected chi connectivity index (χ3v) is 4.16. The number of unbranched alkanes of at least 4 members (excludes halogenated alkanes) is 7. The van der Waals surface area contributed by atoms with Gasteiger partial charge in [-0.05, 0) is 13.0 Å². The Kier molecular flexibility index (Phi) is 8.62. The van der Waals surface area contributed by atoms with Crippen LogP contribution >= 0.6 is 0 Å². The number of aliphatic hydroxyl groups excluding tert-OH is 3. The van der Waals surface area contributed by atoms with E-state index < -0.39 is 12.2 Å². The minimum atomic E-state index is -0.793. The van der Waals surface area contributed by atoms with E-state index in [2.05, 4.69) is 6.92 Å². The van der Waals surface area contributed by atoms with Gasteiger partial charge in [-0.1, -0.05) is 51.9 Å². The number of hydrogen-bond acceptors (Lipinski definition) is 4. The predicted octanol–water partition coefficient (Wildman–Crippen LogP) is 1.53. The van der Waals surface area contributed by atoms with Crippen molar-refractivity contribution in [3.05, 3.63) is 0 Å². The molecule has 1 heterocycles. The molecule has 0 unspecified atom stereocenters. The molecule has 0 aromatic rings. The van der Waals surface area contributed by atoms with Gasteiger partial charge in [-0.15, -0.1) is 0 Å². The van der Waals surface area contributed by atoms with Crippen molar-refractivity contribution in [3.8, 4) is 0 Å². The molecule has 1 saturated heterocycles. The Balaban J connectivity index is 2.03. The van der Waals surface area contributed by atoms with Gasteiger partial charge < -0.3 is 15.3 Å². The van der Waals surface area contributed by atoms with E-state index in [-0.39, 0.29) is 12.6 Å². The van der Waals surface area contributed by atoms with Gasteiger partial charge in [0, 0.05) is 6.54 Å². The van der Waals surface area contributed by atoms with Crippen LogP contribution < -0.4 is 0 Å². The molecule has 0 aromatic heterocycles. The fourth-order valence-electron chi connectivity index (χ4n) is 2.89. The lowest BCUT2D eigenvalue weighted by Gasteiger charge is -2.23. The van der Waals surface area contributed by atoms with Crippen LogP contribution in [0.4, 0.5) is 0 Å². The zero-order chi connectivity index (χ0) is 14.1. The van der Waals surface area contributed by atoms with Crippen LogP contribution in [-0.2, 0) is 0 Å². The zero-order valence-corrected chi connectivity index (χ0v) is 12.3. The van der Waals surface area contributed by atoms with E-state index in [4.69, 9.17) is 0 Å². The van der Waals surface area contributed by atoms with Crippen LogP contribution in [0, 0.1) is 0 Å². The quantitative estimate of drug-likeness (QED) is 0.528. The highest BCUT2D eigenvalue weighted by atomic mass is 16.3. The molecule has 0 aromatic carbocycles. The highest BCUT2D eigenvalue weighted by Gasteiger charge is 2.38. The average molecular weight is 273 g/mol. The summed E-state index contributed by atoms with van der Waals surface area (Å²) < 4.78 is 0. The van der Waals surface area contributed by atoms with Gasteiger partial charge in [0.15, 0.2) is 0 Å². The Morgan fingerprint density at radius 3 is 2.11 bits per heavy atom. The Morgan fingerprint density at radius 2 is 1.53 bits per heavy atom. The van der Waals surface area contributed by atoms with Gasteiger partial charge in [0.2, 0.25) is 0 Å². The summed E-state index contributed by atoms with van der Waals surface area (Å²) in [6.45, 7) is 3.52. The van der Waals surface area contributed by atoms with Gasteiger partial charge in [0.25, 0.3) is 0 Å². The maximum absolute atomic E-state index is 9.70. The molecule has 0 bridgehead atoms. The summed E-state index contributed by atoms with van der Waals surface area (Å²) in [5.41, 5.74) is 0. The first-order valence-corrected chi connectivity index (χ1v) is 7.91. The summed E-state index contributed by atoms with van der Waals surface area (Å²) >= 11 is 0. The highest BCUT2D eigenvalue weighted by Crippen LogP contribution is 2.19. The van der Waals surface area contributed by atoms with Crippen LogP contribution in [0.3, 0.4) is 0 Å². The summed E-state index contributed by atoms with van der Waals surface area (Å²) in [6.07, 6.45) is 8.72. The Labute approximate surface area is 117 Å². The number of rotatable bonds is 10. The summed E-state index contributed by atoms with van der Waals surface area (Å²) in [6, 6.07) is -0.278. The predicted molar refractivity (Wildman–Crippen MR) is 77.1 cm³/mol. The molecule has 1 aliphatic rings. The van der Waals surface area contributed by atoms with Gasteiger partial charge in [0.05, 0.1) is 24.9 Å². The van der Waals surface area contributed by atoms with E-state index in [0.29, 0.717) is 6.54 Å². The van der Waals surface area contributed by atoms with Crippen molar-refractivity contribution < 1.29 is 15.3 Å². The third kappa shape index (κ3) is 5.78. The normalized spacial score (nSPS) is 28.1. The molecule has 0 spiro atoms. The van der Waals surface area contributed by atoms with Crippen LogP contribution in [0.15, 0.2) is 0 Å². The minimum absolute atomic E-state index is 0.0742. The molecule has 1 rings (SSSR count). The minimum Gasteiger partial charge on any atom is -0.395 e. The molecule has 0 amide bonds. The first-order chi connectivity index (χ1) is 9.20. The smallest absolute Gasteiger partial charge is 0.0988 e. The lowest BCUT2D eigenvalue weighted by atomic mass is 10.1. The topological polar surface area (TPSA) is 63.9 Å². The zero-order valence-electron chi connectivity index (χ0n) is 12.3. The number of nitrogens with zero attached hydrogens (tertiary/aromatic N) is 1. The average Bonchev–Trinajstić information content (AvgIpc) is 2.68. The van der Waals surface area contributed by atoms with E-state index in [1.807, 2.05) is 4.90 Å². The number of hydrogen-bond donors (Lipinski definition) is 3. The molecule has 1 aliphatic heterocycles. The van der Waals surface area contributed by atoms with Crippen molar-refractivity contribution in [1.29, 1.82) is 0 Å². The van der Waals surface area contributed by atoms with Crippen LogP contribution in [0.5, 0.6) is 0 Å². The molecule has 0 aliphatic carbocycles. The second-order valence-electron chi connectivity index (χ2n) is 5.78. The van der Waals surface area contributed by atoms with Gasteiger partial charge in [-0.25, -0.2) is 0 Å². The Morgan fingerprint density at radius 1 is 0.947 bits per heavy atom. The lowest BCUT2D eigenvalue weighted by Crippen LogP contribution is -2.39. The first kappa shape index (κ1) is 16.9. The second-order valence-corrected chi connectivity index (χ2v) is 5.78. The van der Waals surface area contributed by atoms with Crippen LogP contribution in [0.25, 0.3) is 0 Å². The van der Waals surface area contributed by atoms with E-state index in [0.717, 1.165) is 13.0 Å². The highest BCUT2D eigenvalue weighted by molar-refractivity contribution is 4.92. The molecular weight excluding hydrogens is 242 g/mol. The fraction of sp³-hybridized carbons (Fsp3) is 1.00. The SMILES string of the molecule is CCCCCCCCCCN1C[C@H](O)[C@@H](O)[C@H]1CO. The summed E-state index contributed by atoms with van der Waals surface area (Å²) in [5.74, 6) is 0. The van der Waals surface area contributed by atoms with Gasteiger partial charge in [-0.2, -0.15) is 0 Å². The summed E-state index contributed by atoms with van der Waals surface area (Å²) in [5, 5.41) is 28.5. The van der Waals surface area contributed by atoms with E-state index in [1.165, 1.54) is 44.9 Å². The van der Waals surface area contributed by atoms with Crippen molar-refractivity contribution >= 4 is 0 Å². The standard InChI is InChI=1S/C15H31NO3/c1-2-3-4-5-6-7-8-9-10-16-11-14(18)15(19)13(16)12-17/h13-15,17-19H,2-12H2,1H3/t13-,14+,15+/m1/s1. The van der Waals surface area contributed by atoms with E-state index >= 15 is 0 Å². The number of β-amino-alcohol motifs (C(OH)–C–C–N with tert-alkyl or cyclic N) is 1. The van der Waals surface area contributed by atoms with Gasteiger partial charge in [-0.3, -0.25) is 4.90 Å². The van der Waals surface area contributed by atoms with Gasteiger partial charge >= 0.3 is 0 Å². The fourth-order valence-corrected chi connectivity index (χ4v) is 2.89. The summed E-state index contributed by atoms with van der Waals surface area (Å²) in [7, 11) is 0. The molecule has 114 valence electrons. The molecule has 0 radical (unpaired) electrons. The molecule has 1 fully saturated rings. The van der Waals surface area contributed by atoms with Crippen molar-refractivity contribution in [2.24, 2.45) is 0 Å². The first-order valence-electron chi connectivity index (χ1n) is 7.91. The molecule has 4 heteroatoms. The molecule has 0 saturated carbocycles. The van der Waals surface area contributed by atoms with Crippen LogP contribution in [-0.4, -0.2) is 58.2 Å². The van der Waals surface area contributed by atoms with E-state index in [1.54, 1.807) is 0 Å². The lowest BCUT2D eigenvalue weighted by molar-refractivity contribution is 0.0216. The molecule has 4 nitrogen and oxygen atoms in total. The van der Waals surface area contributed by atoms with Crippen molar-refractivity contribution in [1.82, 2.24) is 4.90 Å². The molecule has 19 heavy (non-hydrogen) atoms. The summed E-state index contributed by atoms with van der Waals surface area (Å²) in [4.78, 5) is 2.02. The van der Waals surface area contributed by atoms with E-state index in [9.17, 15) is 15.3 Å². The molecular formula is C15H31NO3. The second kappa shape index (κ2) is 9.70. The Hall–Kier alpha value is -0.160. The van der Waals surface area contributed by atoms with Crippen molar-refractivity contribution in [2.75, 3.05) is 19.7 Å². The maximum Gasteiger partial charge on any atom is 0.0988 e. The van der Waals surface area contributed by atoms with Crippen LogP contribution in [0.2, 0.25) is 0 Å². The Bertz CT molecular complexity index is 225. The maximum atomic E-state index is 9.70. The monoisotopic (exact) mass is 273 g/mol. The van der Waals surface area contributed by atoms with Crippen molar-refractivity contribution in [3.63, 3.8) is 0 Å². The van der Waals surface area contributed by atoms with Crippen molar-refractivity contribution in [2.45, 2.75) is 76.5 Å². The largest absolute Gasteiger partial charge is 0.395 e. The van der Waals surface area contributed by atoms with Gasteiger partial charge in [0.1, 0.15) is 0 Å². The number of likely N-dealkylation sites (tertiary alicyclic amines) is 1. The molecule has 3 atom stereocenters.